The molecule has 72 valence electrons. The fourth-order valence-corrected chi connectivity index (χ4v) is 1.45. The quantitative estimate of drug-likeness (QED) is 0.464. The summed E-state index contributed by atoms with van der Waals surface area (Å²) in [6.07, 6.45) is 14.5. The van der Waals surface area contributed by atoms with Crippen LogP contribution in [0.1, 0.15) is 19.3 Å². The van der Waals surface area contributed by atoms with Gasteiger partial charge in [-0.25, -0.2) is 0 Å². The van der Waals surface area contributed by atoms with Crippen molar-refractivity contribution < 1.29 is 4.74 Å². The number of allylic oxidation sites excluding steroid dienone is 3. The lowest BCUT2D eigenvalue weighted by Gasteiger charge is -2.11. The highest BCUT2D eigenvalue weighted by Crippen LogP contribution is 2.17. The standard InChI is InChI=1S/C12H18O/c1-2-10-13-11-6-9-12-7-4-3-5-8-12/h2,4,6-7,9,12H,1,3,5,8,10-11H2/b9-6+. The summed E-state index contributed by atoms with van der Waals surface area (Å²) < 4.78 is 5.24. The molecule has 0 aromatic carbocycles. The zero-order valence-electron chi connectivity index (χ0n) is 8.11. The largest absolute Gasteiger partial charge is 0.373 e. The molecular formula is C12H18O. The molecule has 13 heavy (non-hydrogen) atoms. The van der Waals surface area contributed by atoms with Crippen molar-refractivity contribution in [2.24, 2.45) is 5.92 Å². The molecule has 0 spiro atoms. The van der Waals surface area contributed by atoms with Gasteiger partial charge in [0.15, 0.2) is 0 Å². The van der Waals surface area contributed by atoms with Gasteiger partial charge in [-0.05, 0) is 25.2 Å². The first-order valence-electron chi connectivity index (χ1n) is 4.95. The fourth-order valence-electron chi connectivity index (χ4n) is 1.45. The van der Waals surface area contributed by atoms with Gasteiger partial charge in [0.25, 0.3) is 0 Å². The Morgan fingerprint density at radius 3 is 3.08 bits per heavy atom. The van der Waals surface area contributed by atoms with E-state index >= 15 is 0 Å². The second-order valence-electron chi connectivity index (χ2n) is 3.28. The van der Waals surface area contributed by atoms with Gasteiger partial charge in [-0.1, -0.05) is 30.4 Å². The van der Waals surface area contributed by atoms with Crippen LogP contribution < -0.4 is 0 Å². The average molecular weight is 178 g/mol. The highest BCUT2D eigenvalue weighted by Gasteiger charge is 2.02. The van der Waals surface area contributed by atoms with Crippen molar-refractivity contribution in [2.45, 2.75) is 19.3 Å². The Bertz CT molecular complexity index is 191. The van der Waals surface area contributed by atoms with E-state index < -0.39 is 0 Å². The second-order valence-corrected chi connectivity index (χ2v) is 3.28. The van der Waals surface area contributed by atoms with Crippen LogP contribution in [0.25, 0.3) is 0 Å². The maximum absolute atomic E-state index is 5.24. The molecule has 0 amide bonds. The van der Waals surface area contributed by atoms with E-state index in [1.165, 1.54) is 19.3 Å². The fraction of sp³-hybridized carbons (Fsp3) is 0.500. The van der Waals surface area contributed by atoms with Gasteiger partial charge in [0.05, 0.1) is 13.2 Å². The zero-order chi connectivity index (χ0) is 9.36. The van der Waals surface area contributed by atoms with Gasteiger partial charge in [0.2, 0.25) is 0 Å². The molecule has 1 unspecified atom stereocenters. The lowest BCUT2D eigenvalue weighted by Crippen LogP contribution is -1.97. The van der Waals surface area contributed by atoms with E-state index in [0.29, 0.717) is 19.1 Å². The Hall–Kier alpha value is -0.820. The number of rotatable bonds is 5. The third kappa shape index (κ3) is 4.69. The van der Waals surface area contributed by atoms with Crippen molar-refractivity contribution in [3.63, 3.8) is 0 Å². The minimum absolute atomic E-state index is 0.640. The third-order valence-corrected chi connectivity index (χ3v) is 2.12. The van der Waals surface area contributed by atoms with E-state index in [0.717, 1.165) is 0 Å². The Morgan fingerprint density at radius 2 is 2.38 bits per heavy atom. The average Bonchev–Trinajstić information content (AvgIpc) is 2.19. The SMILES string of the molecule is C=CCOC/C=C/C1C=CCCC1. The van der Waals surface area contributed by atoms with Crippen molar-refractivity contribution >= 4 is 0 Å². The summed E-state index contributed by atoms with van der Waals surface area (Å²) in [6.45, 7) is 4.94. The van der Waals surface area contributed by atoms with Crippen LogP contribution in [0.4, 0.5) is 0 Å². The Morgan fingerprint density at radius 1 is 1.46 bits per heavy atom. The van der Waals surface area contributed by atoms with Crippen LogP contribution >= 0.6 is 0 Å². The number of hydrogen-bond acceptors (Lipinski definition) is 1. The molecule has 0 aromatic rings. The number of ether oxygens (including phenoxy) is 1. The van der Waals surface area contributed by atoms with Crippen molar-refractivity contribution in [2.75, 3.05) is 13.2 Å². The van der Waals surface area contributed by atoms with Crippen LogP contribution in [0.2, 0.25) is 0 Å². The number of hydrogen-bond donors (Lipinski definition) is 0. The molecule has 0 heterocycles. The van der Waals surface area contributed by atoms with E-state index in [1.54, 1.807) is 6.08 Å². The van der Waals surface area contributed by atoms with Crippen LogP contribution in [0.5, 0.6) is 0 Å². The maximum Gasteiger partial charge on any atom is 0.0651 e. The zero-order valence-corrected chi connectivity index (χ0v) is 8.11. The highest BCUT2D eigenvalue weighted by atomic mass is 16.5. The molecule has 0 radical (unpaired) electrons. The van der Waals surface area contributed by atoms with Gasteiger partial charge in [-0.2, -0.15) is 0 Å². The predicted molar refractivity (Wildman–Crippen MR) is 56.6 cm³/mol. The first-order valence-corrected chi connectivity index (χ1v) is 4.95. The van der Waals surface area contributed by atoms with Gasteiger partial charge in [-0.3, -0.25) is 0 Å². The van der Waals surface area contributed by atoms with Crippen LogP contribution in [-0.4, -0.2) is 13.2 Å². The summed E-state index contributed by atoms with van der Waals surface area (Å²) in [7, 11) is 0. The summed E-state index contributed by atoms with van der Waals surface area (Å²) in [5.74, 6) is 0.640. The minimum Gasteiger partial charge on any atom is -0.373 e. The normalized spacial score (nSPS) is 22.3. The molecule has 0 bridgehead atoms. The summed E-state index contributed by atoms with van der Waals surface area (Å²) in [4.78, 5) is 0. The first-order chi connectivity index (χ1) is 6.43. The van der Waals surface area contributed by atoms with Crippen LogP contribution in [0.15, 0.2) is 37.0 Å². The molecule has 0 aromatic heterocycles. The molecule has 1 atom stereocenters. The molecule has 1 rings (SSSR count). The highest BCUT2D eigenvalue weighted by molar-refractivity contribution is 5.03. The lowest BCUT2D eigenvalue weighted by atomic mass is 9.96. The van der Waals surface area contributed by atoms with Crippen molar-refractivity contribution in [1.82, 2.24) is 0 Å². The smallest absolute Gasteiger partial charge is 0.0651 e. The van der Waals surface area contributed by atoms with Crippen molar-refractivity contribution in [3.05, 3.63) is 37.0 Å². The molecule has 0 saturated heterocycles. The van der Waals surface area contributed by atoms with Crippen LogP contribution in [0, 0.1) is 5.92 Å². The van der Waals surface area contributed by atoms with Crippen molar-refractivity contribution in [3.8, 4) is 0 Å². The Balaban J connectivity index is 2.11. The molecular weight excluding hydrogens is 160 g/mol. The summed E-state index contributed by atoms with van der Waals surface area (Å²) in [5.41, 5.74) is 0. The molecule has 0 fully saturated rings. The molecule has 0 N–H and O–H groups in total. The van der Waals surface area contributed by atoms with E-state index in [9.17, 15) is 0 Å². The van der Waals surface area contributed by atoms with Crippen LogP contribution in [0.3, 0.4) is 0 Å². The summed E-state index contributed by atoms with van der Waals surface area (Å²) in [5, 5.41) is 0. The van der Waals surface area contributed by atoms with Gasteiger partial charge >= 0.3 is 0 Å². The van der Waals surface area contributed by atoms with E-state index in [4.69, 9.17) is 4.74 Å². The van der Waals surface area contributed by atoms with E-state index in [2.05, 4.69) is 30.9 Å². The van der Waals surface area contributed by atoms with E-state index in [-0.39, 0.29) is 0 Å². The maximum atomic E-state index is 5.24. The molecule has 1 heteroatoms. The van der Waals surface area contributed by atoms with Crippen LogP contribution in [-0.2, 0) is 4.74 Å². The summed E-state index contributed by atoms with van der Waals surface area (Å²) in [6, 6.07) is 0. The molecule has 0 aliphatic heterocycles. The van der Waals surface area contributed by atoms with Gasteiger partial charge in [0, 0.05) is 0 Å². The topological polar surface area (TPSA) is 9.23 Å². The molecule has 1 nitrogen and oxygen atoms in total. The molecule has 1 aliphatic carbocycles. The van der Waals surface area contributed by atoms with Gasteiger partial charge in [0.1, 0.15) is 0 Å². The Labute approximate surface area is 80.8 Å². The predicted octanol–water partition coefficient (Wildman–Crippen LogP) is 3.10. The second kappa shape index (κ2) is 6.67. The third-order valence-electron chi connectivity index (χ3n) is 2.12. The molecule has 1 aliphatic rings. The van der Waals surface area contributed by atoms with Crippen molar-refractivity contribution in [1.29, 1.82) is 0 Å². The first kappa shape index (κ1) is 10.3. The van der Waals surface area contributed by atoms with Gasteiger partial charge < -0.3 is 4.74 Å². The lowest BCUT2D eigenvalue weighted by molar-refractivity contribution is 0.194. The van der Waals surface area contributed by atoms with E-state index in [1.807, 2.05) is 0 Å². The molecule has 0 saturated carbocycles. The monoisotopic (exact) mass is 178 g/mol. The van der Waals surface area contributed by atoms with Gasteiger partial charge in [-0.15, -0.1) is 6.58 Å². The Kier molecular flexibility index (Phi) is 5.27. The minimum atomic E-state index is 0.640. The summed E-state index contributed by atoms with van der Waals surface area (Å²) >= 11 is 0.